The Kier molecular flexibility index (Phi) is 11.7. The second-order valence-electron chi connectivity index (χ2n) is 11.9. The first-order valence-electron chi connectivity index (χ1n) is 16.9. The molecule has 12 heteroatoms. The molecule has 6 aromatic rings. The largest absolute Gasteiger partial charge is 0.497 e. The maximum atomic E-state index is 13.6. The van der Waals surface area contributed by atoms with E-state index >= 15 is 0 Å². The van der Waals surface area contributed by atoms with Crippen LogP contribution in [-0.4, -0.2) is 59.7 Å². The summed E-state index contributed by atoms with van der Waals surface area (Å²) in [5, 5.41) is 19.2. The summed E-state index contributed by atoms with van der Waals surface area (Å²) in [7, 11) is 3.15. The molecule has 6 rings (SSSR count). The summed E-state index contributed by atoms with van der Waals surface area (Å²) in [5.74, 6) is -0.826. The number of aliphatic hydroxyl groups is 1. The summed E-state index contributed by atoms with van der Waals surface area (Å²) in [6, 6.07) is 41.0. The van der Waals surface area contributed by atoms with Crippen LogP contribution in [0.2, 0.25) is 0 Å². The zero-order valence-electron chi connectivity index (χ0n) is 29.4. The maximum Gasteiger partial charge on any atom is 0.258 e. The number of ether oxygens (including phenoxy) is 3. The number of anilines is 3. The maximum absolute atomic E-state index is 13.6. The van der Waals surface area contributed by atoms with Crippen molar-refractivity contribution in [2.75, 3.05) is 36.8 Å². The molecule has 0 saturated carbocycles. The number of aliphatic hydroxyl groups excluding tert-OH is 1. The number of benzene rings is 5. The molecule has 0 bridgehead atoms. The van der Waals surface area contributed by atoms with Gasteiger partial charge in [0.25, 0.3) is 17.7 Å². The van der Waals surface area contributed by atoms with Crippen molar-refractivity contribution < 1.29 is 33.7 Å². The number of nitrogens with one attached hydrogen (secondary N) is 3. The summed E-state index contributed by atoms with van der Waals surface area (Å²) >= 11 is 0. The van der Waals surface area contributed by atoms with Crippen LogP contribution in [-0.2, 0) is 15.1 Å². The van der Waals surface area contributed by atoms with Gasteiger partial charge in [-0.25, -0.2) is 4.98 Å². The van der Waals surface area contributed by atoms with Gasteiger partial charge >= 0.3 is 0 Å². The number of aromatic nitrogens is 2. The summed E-state index contributed by atoms with van der Waals surface area (Å²) in [6.45, 7) is -0.462. The lowest BCUT2D eigenvalue weighted by molar-refractivity contribution is -0.130. The van der Waals surface area contributed by atoms with Gasteiger partial charge in [0.05, 0.1) is 27.0 Å². The topological polar surface area (TPSA) is 161 Å². The number of methoxy groups -OCH3 is 2. The molecule has 1 heterocycles. The minimum absolute atomic E-state index is 0.0272. The van der Waals surface area contributed by atoms with Crippen LogP contribution >= 0.6 is 0 Å². The van der Waals surface area contributed by atoms with Gasteiger partial charge in [-0.05, 0) is 65.2 Å². The average molecular weight is 724 g/mol. The van der Waals surface area contributed by atoms with Gasteiger partial charge in [-0.3, -0.25) is 19.7 Å². The fourth-order valence-electron chi connectivity index (χ4n) is 5.73. The molecule has 0 saturated heterocycles. The molecule has 1 atom stereocenters. The van der Waals surface area contributed by atoms with Crippen LogP contribution in [0.1, 0.15) is 37.4 Å². The van der Waals surface area contributed by atoms with Crippen LogP contribution in [0.15, 0.2) is 146 Å². The summed E-state index contributed by atoms with van der Waals surface area (Å²) in [4.78, 5) is 48.2. The Morgan fingerprint density at radius 1 is 0.630 bits per heavy atom. The van der Waals surface area contributed by atoms with E-state index < -0.39 is 36.0 Å². The molecular formula is C42H37N5O7. The fourth-order valence-corrected chi connectivity index (χ4v) is 5.73. The Labute approximate surface area is 311 Å². The van der Waals surface area contributed by atoms with Crippen molar-refractivity contribution in [2.24, 2.45) is 0 Å². The third kappa shape index (κ3) is 8.42. The molecule has 12 nitrogen and oxygen atoms in total. The highest BCUT2D eigenvalue weighted by Crippen LogP contribution is 2.42. The van der Waals surface area contributed by atoms with Crippen molar-refractivity contribution in [3.8, 4) is 11.5 Å². The number of amides is 3. The van der Waals surface area contributed by atoms with Gasteiger partial charge in [0.1, 0.15) is 22.8 Å². The van der Waals surface area contributed by atoms with Gasteiger partial charge in [-0.1, -0.05) is 91.0 Å². The van der Waals surface area contributed by atoms with Crippen LogP contribution < -0.4 is 25.4 Å². The number of nitrogens with zero attached hydrogens (tertiary/aromatic N) is 2. The van der Waals surface area contributed by atoms with E-state index in [0.717, 1.165) is 5.56 Å². The Morgan fingerprint density at radius 2 is 1.09 bits per heavy atom. The minimum atomic E-state index is -1.71. The zero-order chi connectivity index (χ0) is 37.9. The Balaban J connectivity index is 1.29. The Hall–Kier alpha value is -6.89. The van der Waals surface area contributed by atoms with Gasteiger partial charge in [-0.15, -0.1) is 0 Å². The predicted molar refractivity (Wildman–Crippen MR) is 204 cm³/mol. The standard InChI is InChI=1S/C42H37N5O7/c1-52-33-22-18-31(19-23-33)42(30-16-10-5-11-17-30,32-20-24-34(53-2)25-21-32)54-27-36(48)40(51)44-35-26-43-41(47-39(50)29-14-8-4-9-15-29)46-37(35)45-38(49)28-12-6-3-7-13-28/h3-26,36,48H,27H2,1-2H3,(H,44,51)(H2,43,45,46,47,49,50)/t36-/m1/s1. The molecule has 272 valence electrons. The van der Waals surface area contributed by atoms with Gasteiger partial charge in [-0.2, -0.15) is 4.98 Å². The second kappa shape index (κ2) is 17.1. The third-order valence-electron chi connectivity index (χ3n) is 8.51. The first kappa shape index (κ1) is 36.9. The summed E-state index contributed by atoms with van der Waals surface area (Å²) in [6.07, 6.45) is -0.484. The molecule has 0 aliphatic rings. The third-order valence-corrected chi connectivity index (χ3v) is 8.51. The normalized spacial score (nSPS) is 11.5. The molecule has 0 aliphatic carbocycles. The van der Waals surface area contributed by atoms with Crippen LogP contribution in [0, 0.1) is 0 Å². The van der Waals surface area contributed by atoms with E-state index in [0.29, 0.717) is 33.8 Å². The van der Waals surface area contributed by atoms with Crippen molar-refractivity contribution in [3.05, 3.63) is 174 Å². The highest BCUT2D eigenvalue weighted by Gasteiger charge is 2.39. The van der Waals surface area contributed by atoms with E-state index in [1.165, 1.54) is 6.20 Å². The molecule has 0 fully saturated rings. The van der Waals surface area contributed by atoms with Crippen molar-refractivity contribution >= 4 is 35.2 Å². The predicted octanol–water partition coefficient (Wildman–Crippen LogP) is 6.31. The SMILES string of the molecule is COc1ccc(C(OC[C@@H](O)C(=O)Nc2cnc(NC(=O)c3ccccc3)nc2NC(=O)c2ccccc2)(c2ccccc2)c2ccc(OC)cc2)cc1. The summed E-state index contributed by atoms with van der Waals surface area (Å²) < 4.78 is 17.5. The molecule has 3 amide bonds. The molecule has 5 aromatic carbocycles. The zero-order valence-corrected chi connectivity index (χ0v) is 29.4. The van der Waals surface area contributed by atoms with Crippen LogP contribution in [0.5, 0.6) is 11.5 Å². The van der Waals surface area contributed by atoms with Crippen molar-refractivity contribution in [2.45, 2.75) is 11.7 Å². The minimum Gasteiger partial charge on any atom is -0.497 e. The van der Waals surface area contributed by atoms with Gasteiger partial charge in [0.2, 0.25) is 5.95 Å². The number of hydrogen-bond acceptors (Lipinski definition) is 9. The Bertz CT molecular complexity index is 2140. The first-order chi connectivity index (χ1) is 26.3. The molecular weight excluding hydrogens is 686 g/mol. The van der Waals surface area contributed by atoms with Crippen LogP contribution in [0.4, 0.5) is 17.5 Å². The molecule has 1 aromatic heterocycles. The summed E-state index contributed by atoms with van der Waals surface area (Å²) in [5.41, 5.74) is 1.52. The highest BCUT2D eigenvalue weighted by molar-refractivity contribution is 6.07. The van der Waals surface area contributed by atoms with Crippen molar-refractivity contribution in [3.63, 3.8) is 0 Å². The van der Waals surface area contributed by atoms with Crippen LogP contribution in [0.3, 0.4) is 0 Å². The molecule has 0 spiro atoms. The highest BCUT2D eigenvalue weighted by atomic mass is 16.5. The van der Waals surface area contributed by atoms with Gasteiger partial charge < -0.3 is 30.0 Å². The second-order valence-corrected chi connectivity index (χ2v) is 11.9. The quantitative estimate of drug-likeness (QED) is 0.0945. The fraction of sp³-hybridized carbons (Fsp3) is 0.119. The van der Waals surface area contributed by atoms with E-state index in [1.54, 1.807) is 99.1 Å². The Morgan fingerprint density at radius 3 is 1.59 bits per heavy atom. The van der Waals surface area contributed by atoms with Crippen molar-refractivity contribution in [1.82, 2.24) is 9.97 Å². The first-order valence-corrected chi connectivity index (χ1v) is 16.9. The van der Waals surface area contributed by atoms with Crippen LogP contribution in [0.25, 0.3) is 0 Å². The number of rotatable bonds is 14. The lowest BCUT2D eigenvalue weighted by Crippen LogP contribution is -2.39. The number of carbonyl (C=O) groups excluding carboxylic acids is 3. The molecule has 4 N–H and O–H groups in total. The van der Waals surface area contributed by atoms with Gasteiger partial charge in [0, 0.05) is 11.1 Å². The lowest BCUT2D eigenvalue weighted by atomic mass is 9.80. The smallest absolute Gasteiger partial charge is 0.258 e. The van der Waals surface area contributed by atoms with E-state index in [2.05, 4.69) is 25.9 Å². The van der Waals surface area contributed by atoms with Crippen molar-refractivity contribution in [1.29, 1.82) is 0 Å². The molecule has 0 unspecified atom stereocenters. The average Bonchev–Trinajstić information content (AvgIpc) is 3.23. The number of hydrogen-bond donors (Lipinski definition) is 4. The monoisotopic (exact) mass is 723 g/mol. The molecule has 0 aliphatic heterocycles. The van der Waals surface area contributed by atoms with E-state index in [4.69, 9.17) is 14.2 Å². The molecule has 0 radical (unpaired) electrons. The van der Waals surface area contributed by atoms with Gasteiger partial charge in [0.15, 0.2) is 11.9 Å². The molecule has 54 heavy (non-hydrogen) atoms. The number of carbonyl (C=O) groups is 3. The van der Waals surface area contributed by atoms with E-state index in [9.17, 15) is 19.5 Å². The lowest BCUT2D eigenvalue weighted by Gasteiger charge is -2.36. The van der Waals surface area contributed by atoms with E-state index in [1.807, 2.05) is 54.6 Å². The van der Waals surface area contributed by atoms with E-state index in [-0.39, 0.29) is 17.5 Å².